The minimum atomic E-state index is 0.248. The summed E-state index contributed by atoms with van der Waals surface area (Å²) < 4.78 is 0. The molecule has 142 valence electrons. The maximum absolute atomic E-state index is 12.0. The molecule has 0 saturated carbocycles. The van der Waals surface area contributed by atoms with Crippen molar-refractivity contribution in [1.82, 2.24) is 0 Å². The van der Waals surface area contributed by atoms with E-state index in [1.54, 1.807) is 6.08 Å². The summed E-state index contributed by atoms with van der Waals surface area (Å²) in [4.78, 5) is 12.0. The lowest BCUT2D eigenvalue weighted by Gasteiger charge is -2.14. The number of rotatable bonds is 19. The van der Waals surface area contributed by atoms with E-state index in [1.807, 2.05) is 0 Å². The van der Waals surface area contributed by atoms with Crippen molar-refractivity contribution in [3.63, 3.8) is 0 Å². The van der Waals surface area contributed by atoms with Gasteiger partial charge in [-0.15, -0.1) is 0 Å². The molecule has 0 aliphatic carbocycles. The molecule has 1 unspecified atom stereocenters. The van der Waals surface area contributed by atoms with E-state index in [1.165, 1.54) is 96.3 Å². The summed E-state index contributed by atoms with van der Waals surface area (Å²) >= 11 is 0. The smallest absolute Gasteiger partial charge is 0.158 e. The van der Waals surface area contributed by atoms with Gasteiger partial charge in [-0.25, -0.2) is 0 Å². The van der Waals surface area contributed by atoms with Crippen molar-refractivity contribution in [1.29, 1.82) is 0 Å². The summed E-state index contributed by atoms with van der Waals surface area (Å²) in [6.07, 6.45) is 23.7. The van der Waals surface area contributed by atoms with E-state index >= 15 is 0 Å². The first-order chi connectivity index (χ1) is 11.8. The molecule has 0 heterocycles. The maximum Gasteiger partial charge on any atom is 0.158 e. The number of ketones is 1. The monoisotopic (exact) mass is 336 g/mol. The van der Waals surface area contributed by atoms with Gasteiger partial charge in [-0.2, -0.15) is 0 Å². The minimum Gasteiger partial charge on any atom is -0.295 e. The molecule has 0 rings (SSSR count). The highest BCUT2D eigenvalue weighted by atomic mass is 16.1. The molecule has 24 heavy (non-hydrogen) atoms. The number of unbranched alkanes of at least 4 members (excludes halogenated alkanes) is 13. The molecule has 1 heteroatoms. The molecule has 0 aliphatic heterocycles. The van der Waals surface area contributed by atoms with Crippen LogP contribution in [0.15, 0.2) is 12.7 Å². The normalized spacial score (nSPS) is 12.2. The van der Waals surface area contributed by atoms with E-state index in [2.05, 4.69) is 20.4 Å². The Morgan fingerprint density at radius 3 is 1.33 bits per heavy atom. The fraction of sp³-hybridized carbons (Fsp3) is 0.870. The molecule has 0 aliphatic rings. The Labute approximate surface area is 152 Å². The Balaban J connectivity index is 3.67. The second kappa shape index (κ2) is 18.7. The van der Waals surface area contributed by atoms with Crippen molar-refractivity contribution in [2.24, 2.45) is 5.92 Å². The maximum atomic E-state index is 12.0. The summed E-state index contributed by atoms with van der Waals surface area (Å²) in [5.74, 6) is 0.530. The summed E-state index contributed by atoms with van der Waals surface area (Å²) in [5.41, 5.74) is 0. The highest BCUT2D eigenvalue weighted by molar-refractivity contribution is 5.91. The van der Waals surface area contributed by atoms with E-state index in [0.717, 1.165) is 12.8 Å². The van der Waals surface area contributed by atoms with Crippen molar-refractivity contribution in [3.05, 3.63) is 12.7 Å². The molecule has 0 aromatic heterocycles. The molecule has 0 saturated heterocycles. The van der Waals surface area contributed by atoms with E-state index < -0.39 is 0 Å². The van der Waals surface area contributed by atoms with Gasteiger partial charge < -0.3 is 0 Å². The van der Waals surface area contributed by atoms with Crippen LogP contribution in [0, 0.1) is 5.92 Å². The molecule has 0 amide bonds. The van der Waals surface area contributed by atoms with Crippen LogP contribution in [0.2, 0.25) is 0 Å². The van der Waals surface area contributed by atoms with Crippen LogP contribution in [0.3, 0.4) is 0 Å². The first-order valence-electron chi connectivity index (χ1n) is 10.9. The van der Waals surface area contributed by atoms with Gasteiger partial charge in [0.25, 0.3) is 0 Å². The summed E-state index contributed by atoms with van der Waals surface area (Å²) in [6, 6.07) is 0. The molecular weight excluding hydrogens is 292 g/mol. The third kappa shape index (κ3) is 15.0. The Morgan fingerprint density at radius 1 is 0.667 bits per heavy atom. The topological polar surface area (TPSA) is 17.1 Å². The van der Waals surface area contributed by atoms with Crippen LogP contribution in [0.5, 0.6) is 0 Å². The summed E-state index contributed by atoms with van der Waals surface area (Å²) in [7, 11) is 0. The largest absolute Gasteiger partial charge is 0.295 e. The van der Waals surface area contributed by atoms with Crippen LogP contribution < -0.4 is 0 Å². The lowest BCUT2D eigenvalue weighted by Crippen LogP contribution is -2.12. The van der Waals surface area contributed by atoms with Crippen molar-refractivity contribution in [2.75, 3.05) is 0 Å². The molecule has 0 radical (unpaired) electrons. The molecule has 0 fully saturated rings. The van der Waals surface area contributed by atoms with Crippen LogP contribution in [0.1, 0.15) is 123 Å². The van der Waals surface area contributed by atoms with Crippen molar-refractivity contribution in [2.45, 2.75) is 123 Å². The zero-order chi connectivity index (χ0) is 17.9. The SMILES string of the molecule is C=CC(=O)C(CCCCCCCCC)CCCCCCCCCC. The second-order valence-corrected chi connectivity index (χ2v) is 7.48. The van der Waals surface area contributed by atoms with Crippen LogP contribution in [0.25, 0.3) is 0 Å². The Kier molecular flexibility index (Phi) is 18.3. The van der Waals surface area contributed by atoms with Crippen LogP contribution >= 0.6 is 0 Å². The highest BCUT2D eigenvalue weighted by Gasteiger charge is 2.14. The van der Waals surface area contributed by atoms with Gasteiger partial charge in [0, 0.05) is 5.92 Å². The van der Waals surface area contributed by atoms with Gasteiger partial charge in [0.1, 0.15) is 0 Å². The number of carbonyl (C=O) groups excluding carboxylic acids is 1. The molecular formula is C23H44O. The van der Waals surface area contributed by atoms with E-state index in [9.17, 15) is 4.79 Å². The predicted octanol–water partition coefficient (Wildman–Crippen LogP) is 8.03. The molecule has 0 aromatic rings. The summed E-state index contributed by atoms with van der Waals surface area (Å²) in [5, 5.41) is 0. The molecule has 0 spiro atoms. The molecule has 1 nitrogen and oxygen atoms in total. The molecule has 1 atom stereocenters. The molecule has 0 aromatic carbocycles. The second-order valence-electron chi connectivity index (χ2n) is 7.48. The zero-order valence-electron chi connectivity index (χ0n) is 16.8. The van der Waals surface area contributed by atoms with Gasteiger partial charge in [0.15, 0.2) is 5.78 Å². The average molecular weight is 337 g/mol. The van der Waals surface area contributed by atoms with Gasteiger partial charge in [0.2, 0.25) is 0 Å². The predicted molar refractivity (Wildman–Crippen MR) is 109 cm³/mol. The Hall–Kier alpha value is -0.590. The van der Waals surface area contributed by atoms with Crippen LogP contribution in [-0.4, -0.2) is 5.78 Å². The Morgan fingerprint density at radius 2 is 1.00 bits per heavy atom. The summed E-state index contributed by atoms with van der Waals surface area (Å²) in [6.45, 7) is 8.22. The lowest BCUT2D eigenvalue weighted by molar-refractivity contribution is -0.118. The minimum absolute atomic E-state index is 0.248. The standard InChI is InChI=1S/C23H44O/c1-4-7-9-11-13-15-17-19-21-22(23(24)6-3)20-18-16-14-12-10-8-5-2/h6,22H,3-5,7-21H2,1-2H3. The quantitative estimate of drug-likeness (QED) is 0.172. The number of hydrogen-bond acceptors (Lipinski definition) is 1. The van der Waals surface area contributed by atoms with E-state index in [4.69, 9.17) is 0 Å². The zero-order valence-corrected chi connectivity index (χ0v) is 16.8. The third-order valence-corrected chi connectivity index (χ3v) is 5.17. The van der Waals surface area contributed by atoms with Gasteiger partial charge in [-0.05, 0) is 18.9 Å². The number of allylic oxidation sites excluding steroid dienone is 1. The lowest BCUT2D eigenvalue weighted by atomic mass is 9.90. The van der Waals surface area contributed by atoms with Crippen molar-refractivity contribution in [3.8, 4) is 0 Å². The van der Waals surface area contributed by atoms with E-state index in [0.29, 0.717) is 0 Å². The van der Waals surface area contributed by atoms with Gasteiger partial charge >= 0.3 is 0 Å². The van der Waals surface area contributed by atoms with Gasteiger partial charge in [-0.1, -0.05) is 117 Å². The van der Waals surface area contributed by atoms with Crippen LogP contribution in [0.4, 0.5) is 0 Å². The molecule has 0 bridgehead atoms. The Bertz CT molecular complexity index is 282. The fourth-order valence-electron chi connectivity index (χ4n) is 3.47. The van der Waals surface area contributed by atoms with Crippen LogP contribution in [-0.2, 0) is 4.79 Å². The first-order valence-corrected chi connectivity index (χ1v) is 10.9. The van der Waals surface area contributed by atoms with Crippen molar-refractivity contribution < 1.29 is 4.79 Å². The highest BCUT2D eigenvalue weighted by Crippen LogP contribution is 2.20. The van der Waals surface area contributed by atoms with E-state index in [-0.39, 0.29) is 11.7 Å². The first kappa shape index (κ1) is 23.4. The van der Waals surface area contributed by atoms with Crippen molar-refractivity contribution >= 4 is 5.78 Å². The average Bonchev–Trinajstić information content (AvgIpc) is 2.60. The van der Waals surface area contributed by atoms with Gasteiger partial charge in [-0.3, -0.25) is 4.79 Å². The molecule has 0 N–H and O–H groups in total. The third-order valence-electron chi connectivity index (χ3n) is 5.17. The van der Waals surface area contributed by atoms with Gasteiger partial charge in [0.05, 0.1) is 0 Å². The number of carbonyl (C=O) groups is 1. The number of hydrogen-bond donors (Lipinski definition) is 0. The fourth-order valence-corrected chi connectivity index (χ4v) is 3.47.